The first-order valence-corrected chi connectivity index (χ1v) is 7.30. The van der Waals surface area contributed by atoms with Crippen LogP contribution in [-0.4, -0.2) is 33.4 Å². The average molecular weight is 277 g/mol. The van der Waals surface area contributed by atoms with E-state index in [-0.39, 0.29) is 0 Å². The Morgan fingerprint density at radius 2 is 2.15 bits per heavy atom. The summed E-state index contributed by atoms with van der Waals surface area (Å²) in [7, 11) is 1.72. The third kappa shape index (κ3) is 6.22. The summed E-state index contributed by atoms with van der Waals surface area (Å²) in [5.41, 5.74) is 2.57. The normalized spacial score (nSPS) is 11.9. The molecule has 3 heteroatoms. The molecule has 0 unspecified atom stereocenters. The minimum atomic E-state index is 0.515. The SMILES string of the molecule is CCOc1cccc(C=C(CNCCOC)C(C)C)c1. The molecule has 20 heavy (non-hydrogen) atoms. The second-order valence-electron chi connectivity index (χ2n) is 5.05. The van der Waals surface area contributed by atoms with Crippen LogP contribution < -0.4 is 10.1 Å². The topological polar surface area (TPSA) is 30.5 Å². The monoisotopic (exact) mass is 277 g/mol. The smallest absolute Gasteiger partial charge is 0.119 e. The molecule has 0 bridgehead atoms. The summed E-state index contributed by atoms with van der Waals surface area (Å²) < 4.78 is 10.6. The zero-order chi connectivity index (χ0) is 14.8. The first kappa shape index (κ1) is 16.7. The molecular formula is C17H27NO2. The standard InChI is InChI=1S/C17H27NO2/c1-5-20-17-8-6-7-15(12-17)11-16(14(2)3)13-18-9-10-19-4/h6-8,11-12,14,18H,5,9-10,13H2,1-4H3. The maximum atomic E-state index is 5.54. The number of rotatable bonds is 9. The van der Waals surface area contributed by atoms with E-state index in [1.165, 1.54) is 11.1 Å². The van der Waals surface area contributed by atoms with Gasteiger partial charge in [-0.15, -0.1) is 0 Å². The highest BCUT2D eigenvalue weighted by Gasteiger charge is 2.04. The lowest BCUT2D eigenvalue weighted by Crippen LogP contribution is -2.23. The molecule has 0 radical (unpaired) electrons. The van der Waals surface area contributed by atoms with Gasteiger partial charge in [0.05, 0.1) is 13.2 Å². The van der Waals surface area contributed by atoms with Gasteiger partial charge in [0.15, 0.2) is 0 Å². The van der Waals surface area contributed by atoms with Crippen LogP contribution in [0, 0.1) is 5.92 Å². The average Bonchev–Trinajstić information content (AvgIpc) is 2.43. The molecule has 112 valence electrons. The van der Waals surface area contributed by atoms with E-state index in [1.54, 1.807) is 7.11 Å². The van der Waals surface area contributed by atoms with E-state index in [1.807, 2.05) is 19.1 Å². The van der Waals surface area contributed by atoms with Gasteiger partial charge in [0.25, 0.3) is 0 Å². The van der Waals surface area contributed by atoms with Crippen LogP contribution in [-0.2, 0) is 4.74 Å². The second-order valence-corrected chi connectivity index (χ2v) is 5.05. The van der Waals surface area contributed by atoms with Crippen molar-refractivity contribution in [3.63, 3.8) is 0 Å². The van der Waals surface area contributed by atoms with Crippen LogP contribution in [0.4, 0.5) is 0 Å². The predicted molar refractivity (Wildman–Crippen MR) is 85.2 cm³/mol. The Bertz CT molecular complexity index is 413. The van der Waals surface area contributed by atoms with Gasteiger partial charge in [-0.1, -0.05) is 37.6 Å². The molecule has 0 atom stereocenters. The Morgan fingerprint density at radius 3 is 2.80 bits per heavy atom. The summed E-state index contributed by atoms with van der Waals surface area (Å²) in [5, 5.41) is 3.40. The molecule has 0 spiro atoms. The van der Waals surface area contributed by atoms with Crippen molar-refractivity contribution in [2.24, 2.45) is 5.92 Å². The van der Waals surface area contributed by atoms with Crippen molar-refractivity contribution in [3.05, 3.63) is 35.4 Å². The number of methoxy groups -OCH3 is 1. The highest BCUT2D eigenvalue weighted by Crippen LogP contribution is 2.18. The van der Waals surface area contributed by atoms with Crippen LogP contribution in [0.1, 0.15) is 26.3 Å². The molecule has 0 aliphatic heterocycles. The Morgan fingerprint density at radius 1 is 1.35 bits per heavy atom. The van der Waals surface area contributed by atoms with Gasteiger partial charge in [0, 0.05) is 20.2 Å². The first-order valence-electron chi connectivity index (χ1n) is 7.30. The van der Waals surface area contributed by atoms with E-state index in [2.05, 4.69) is 37.4 Å². The molecule has 0 aromatic heterocycles. The Labute approximate surface area is 123 Å². The molecule has 1 aromatic rings. The quantitative estimate of drug-likeness (QED) is 0.702. The van der Waals surface area contributed by atoms with Crippen molar-refractivity contribution in [2.45, 2.75) is 20.8 Å². The molecule has 3 nitrogen and oxygen atoms in total. The van der Waals surface area contributed by atoms with Crippen molar-refractivity contribution in [3.8, 4) is 5.75 Å². The van der Waals surface area contributed by atoms with E-state index < -0.39 is 0 Å². The van der Waals surface area contributed by atoms with Crippen molar-refractivity contribution in [1.29, 1.82) is 0 Å². The molecular weight excluding hydrogens is 250 g/mol. The molecule has 0 saturated carbocycles. The third-order valence-corrected chi connectivity index (χ3v) is 3.07. The van der Waals surface area contributed by atoms with Gasteiger partial charge in [-0.2, -0.15) is 0 Å². The van der Waals surface area contributed by atoms with Gasteiger partial charge in [0.1, 0.15) is 5.75 Å². The molecule has 0 fully saturated rings. The molecule has 0 aliphatic carbocycles. The van der Waals surface area contributed by atoms with E-state index in [0.717, 1.165) is 25.4 Å². The van der Waals surface area contributed by atoms with Crippen LogP contribution in [0.25, 0.3) is 6.08 Å². The maximum absolute atomic E-state index is 5.54. The first-order chi connectivity index (χ1) is 9.67. The maximum Gasteiger partial charge on any atom is 0.119 e. The fraction of sp³-hybridized carbons (Fsp3) is 0.529. The number of benzene rings is 1. The Kier molecular flexibility index (Phi) is 8.00. The van der Waals surface area contributed by atoms with Gasteiger partial charge in [-0.05, 0) is 30.5 Å². The lowest BCUT2D eigenvalue weighted by atomic mass is 10.00. The molecule has 1 rings (SSSR count). The lowest BCUT2D eigenvalue weighted by Gasteiger charge is -2.13. The molecule has 0 amide bonds. The summed E-state index contributed by atoms with van der Waals surface area (Å²) in [6.45, 7) is 9.64. The second kappa shape index (κ2) is 9.56. The predicted octanol–water partition coefficient (Wildman–Crippen LogP) is 3.36. The fourth-order valence-electron chi connectivity index (χ4n) is 1.90. The zero-order valence-corrected chi connectivity index (χ0v) is 13.1. The zero-order valence-electron chi connectivity index (χ0n) is 13.1. The summed E-state index contributed by atoms with van der Waals surface area (Å²) >= 11 is 0. The van der Waals surface area contributed by atoms with Gasteiger partial charge < -0.3 is 14.8 Å². The van der Waals surface area contributed by atoms with Crippen LogP contribution in [0.15, 0.2) is 29.8 Å². The van der Waals surface area contributed by atoms with Crippen molar-refractivity contribution in [1.82, 2.24) is 5.32 Å². The summed E-state index contributed by atoms with van der Waals surface area (Å²) in [6.07, 6.45) is 2.24. The van der Waals surface area contributed by atoms with Gasteiger partial charge in [0.2, 0.25) is 0 Å². The van der Waals surface area contributed by atoms with E-state index in [4.69, 9.17) is 9.47 Å². The fourth-order valence-corrected chi connectivity index (χ4v) is 1.90. The number of nitrogens with one attached hydrogen (secondary N) is 1. The van der Waals surface area contributed by atoms with E-state index >= 15 is 0 Å². The van der Waals surface area contributed by atoms with Gasteiger partial charge >= 0.3 is 0 Å². The van der Waals surface area contributed by atoms with Crippen LogP contribution in [0.3, 0.4) is 0 Å². The molecule has 1 N–H and O–H groups in total. The Hall–Kier alpha value is -1.32. The van der Waals surface area contributed by atoms with Crippen LogP contribution >= 0.6 is 0 Å². The lowest BCUT2D eigenvalue weighted by molar-refractivity contribution is 0.200. The van der Waals surface area contributed by atoms with E-state index in [0.29, 0.717) is 12.5 Å². The minimum Gasteiger partial charge on any atom is -0.494 e. The van der Waals surface area contributed by atoms with Gasteiger partial charge in [-0.3, -0.25) is 0 Å². The summed E-state index contributed by atoms with van der Waals surface area (Å²) in [5.74, 6) is 1.44. The molecule has 1 aromatic carbocycles. The summed E-state index contributed by atoms with van der Waals surface area (Å²) in [4.78, 5) is 0. The third-order valence-electron chi connectivity index (χ3n) is 3.07. The molecule has 0 aliphatic rings. The van der Waals surface area contributed by atoms with Crippen molar-refractivity contribution in [2.75, 3.05) is 33.4 Å². The largest absolute Gasteiger partial charge is 0.494 e. The highest BCUT2D eigenvalue weighted by atomic mass is 16.5. The highest BCUT2D eigenvalue weighted by molar-refractivity contribution is 5.55. The van der Waals surface area contributed by atoms with Crippen LogP contribution in [0.5, 0.6) is 5.75 Å². The van der Waals surface area contributed by atoms with Crippen LogP contribution in [0.2, 0.25) is 0 Å². The number of hydrogen-bond acceptors (Lipinski definition) is 3. The van der Waals surface area contributed by atoms with Gasteiger partial charge in [-0.25, -0.2) is 0 Å². The Balaban J connectivity index is 2.71. The molecule has 0 saturated heterocycles. The van der Waals surface area contributed by atoms with Crippen molar-refractivity contribution >= 4 is 6.08 Å². The summed E-state index contributed by atoms with van der Waals surface area (Å²) in [6, 6.07) is 8.22. The van der Waals surface area contributed by atoms with Crippen molar-refractivity contribution < 1.29 is 9.47 Å². The number of ether oxygens (including phenoxy) is 2. The van der Waals surface area contributed by atoms with E-state index in [9.17, 15) is 0 Å². The molecule has 0 heterocycles. The minimum absolute atomic E-state index is 0.515. The number of hydrogen-bond donors (Lipinski definition) is 1.